The van der Waals surface area contributed by atoms with Gasteiger partial charge in [-0.1, -0.05) is 6.92 Å². The van der Waals surface area contributed by atoms with E-state index >= 15 is 0 Å². The van der Waals surface area contributed by atoms with Gasteiger partial charge in [0.15, 0.2) is 9.84 Å². The number of hydrogen-bond acceptors (Lipinski definition) is 4. The standard InChI is InChI=1S/C16H26N2O3S/c1-5-12-22(20,21)13(4)16(19)17-14-8-10-15(11-9-14)18(6-2)7-3/h8-11,13H,5-7,12H2,1-4H3,(H,17,19). The summed E-state index contributed by atoms with van der Waals surface area (Å²) in [6.07, 6.45) is 0.512. The van der Waals surface area contributed by atoms with Gasteiger partial charge in [0.25, 0.3) is 0 Å². The first-order chi connectivity index (χ1) is 10.4. The Labute approximate surface area is 133 Å². The minimum atomic E-state index is -3.38. The number of carbonyl (C=O) groups excluding carboxylic acids is 1. The van der Waals surface area contributed by atoms with Gasteiger partial charge < -0.3 is 10.2 Å². The van der Waals surface area contributed by atoms with Crippen molar-refractivity contribution < 1.29 is 13.2 Å². The van der Waals surface area contributed by atoms with Gasteiger partial charge in [-0.2, -0.15) is 0 Å². The molecule has 0 aliphatic rings. The number of nitrogens with one attached hydrogen (secondary N) is 1. The Hall–Kier alpha value is -1.56. The third-order valence-electron chi connectivity index (χ3n) is 3.66. The molecule has 6 heteroatoms. The second kappa shape index (κ2) is 8.17. The lowest BCUT2D eigenvalue weighted by Crippen LogP contribution is -2.34. The number of carbonyl (C=O) groups is 1. The van der Waals surface area contributed by atoms with E-state index < -0.39 is 21.0 Å². The zero-order valence-corrected chi connectivity index (χ0v) is 14.6. The first kappa shape index (κ1) is 18.5. The number of sulfone groups is 1. The molecule has 1 amide bonds. The second-order valence-electron chi connectivity index (χ2n) is 5.22. The first-order valence-electron chi connectivity index (χ1n) is 7.73. The van der Waals surface area contributed by atoms with Crippen molar-refractivity contribution in [1.29, 1.82) is 0 Å². The molecule has 0 heterocycles. The van der Waals surface area contributed by atoms with Crippen LogP contribution in [0.4, 0.5) is 11.4 Å². The van der Waals surface area contributed by atoms with E-state index in [2.05, 4.69) is 24.1 Å². The van der Waals surface area contributed by atoms with Crippen LogP contribution < -0.4 is 10.2 Å². The Morgan fingerprint density at radius 2 is 1.68 bits per heavy atom. The highest BCUT2D eigenvalue weighted by atomic mass is 32.2. The van der Waals surface area contributed by atoms with Gasteiger partial charge in [-0.25, -0.2) is 8.42 Å². The predicted molar refractivity (Wildman–Crippen MR) is 92.2 cm³/mol. The predicted octanol–water partition coefficient (Wildman–Crippen LogP) is 2.68. The molecule has 1 atom stereocenters. The molecule has 0 bridgehead atoms. The van der Waals surface area contributed by atoms with Crippen molar-refractivity contribution in [2.45, 2.75) is 39.4 Å². The van der Waals surface area contributed by atoms with Gasteiger partial charge >= 0.3 is 0 Å². The van der Waals surface area contributed by atoms with E-state index in [1.807, 2.05) is 12.1 Å². The molecule has 0 aromatic heterocycles. The van der Waals surface area contributed by atoms with E-state index in [-0.39, 0.29) is 5.75 Å². The van der Waals surface area contributed by atoms with Crippen molar-refractivity contribution >= 4 is 27.1 Å². The fraction of sp³-hybridized carbons (Fsp3) is 0.562. The number of nitrogens with zero attached hydrogens (tertiary/aromatic N) is 1. The Kier molecular flexibility index (Phi) is 6.87. The summed E-state index contributed by atoms with van der Waals surface area (Å²) >= 11 is 0. The van der Waals surface area contributed by atoms with E-state index in [1.54, 1.807) is 19.1 Å². The molecule has 0 aliphatic heterocycles. The van der Waals surface area contributed by atoms with Gasteiger partial charge in [0, 0.05) is 24.5 Å². The van der Waals surface area contributed by atoms with Gasteiger partial charge in [0.05, 0.1) is 5.75 Å². The number of hydrogen-bond donors (Lipinski definition) is 1. The van der Waals surface area contributed by atoms with Crippen LogP contribution in [0.3, 0.4) is 0 Å². The summed E-state index contributed by atoms with van der Waals surface area (Å²) in [6, 6.07) is 7.44. The number of amides is 1. The summed E-state index contributed by atoms with van der Waals surface area (Å²) in [5, 5.41) is 1.64. The van der Waals surface area contributed by atoms with Gasteiger partial charge in [0.1, 0.15) is 5.25 Å². The van der Waals surface area contributed by atoms with E-state index in [4.69, 9.17) is 0 Å². The van der Waals surface area contributed by atoms with Gasteiger partial charge in [0.2, 0.25) is 5.91 Å². The quantitative estimate of drug-likeness (QED) is 0.797. The van der Waals surface area contributed by atoms with Crippen molar-refractivity contribution in [3.05, 3.63) is 24.3 Å². The smallest absolute Gasteiger partial charge is 0.242 e. The maximum absolute atomic E-state index is 12.1. The SMILES string of the molecule is CCCS(=O)(=O)C(C)C(=O)Nc1ccc(N(CC)CC)cc1. The minimum absolute atomic E-state index is 0.0302. The molecule has 0 saturated carbocycles. The Balaban J connectivity index is 2.77. The molecule has 1 aromatic rings. The molecule has 5 nitrogen and oxygen atoms in total. The molecule has 22 heavy (non-hydrogen) atoms. The van der Waals surface area contributed by atoms with Crippen molar-refractivity contribution in [1.82, 2.24) is 0 Å². The van der Waals surface area contributed by atoms with Crippen LogP contribution in [0, 0.1) is 0 Å². The molecule has 0 saturated heterocycles. The molecule has 0 fully saturated rings. The second-order valence-corrected chi connectivity index (χ2v) is 7.66. The van der Waals surface area contributed by atoms with Crippen LogP contribution in [-0.4, -0.2) is 38.4 Å². The first-order valence-corrected chi connectivity index (χ1v) is 9.44. The monoisotopic (exact) mass is 326 g/mol. The number of rotatable bonds is 8. The molecule has 0 radical (unpaired) electrons. The maximum Gasteiger partial charge on any atom is 0.242 e. The van der Waals surface area contributed by atoms with Crippen molar-refractivity contribution in [3.63, 3.8) is 0 Å². The maximum atomic E-state index is 12.1. The fourth-order valence-electron chi connectivity index (χ4n) is 2.21. The zero-order chi connectivity index (χ0) is 16.8. The van der Waals surface area contributed by atoms with Gasteiger partial charge in [-0.3, -0.25) is 4.79 Å². The van der Waals surface area contributed by atoms with Crippen LogP contribution in [0.5, 0.6) is 0 Å². The van der Waals surface area contributed by atoms with Crippen molar-refractivity contribution in [3.8, 4) is 0 Å². The molecule has 0 spiro atoms. The van der Waals surface area contributed by atoms with E-state index in [1.165, 1.54) is 6.92 Å². The summed E-state index contributed by atoms with van der Waals surface area (Å²) in [5.41, 5.74) is 1.69. The average molecular weight is 326 g/mol. The third-order valence-corrected chi connectivity index (χ3v) is 5.93. The highest BCUT2D eigenvalue weighted by Crippen LogP contribution is 2.18. The summed E-state index contributed by atoms with van der Waals surface area (Å²) in [4.78, 5) is 14.3. The Bertz CT molecular complexity index is 578. The van der Waals surface area contributed by atoms with Crippen LogP contribution in [0.15, 0.2) is 24.3 Å². The molecule has 1 rings (SSSR count). The third kappa shape index (κ3) is 4.73. The fourth-order valence-corrected chi connectivity index (χ4v) is 3.52. The number of benzene rings is 1. The zero-order valence-electron chi connectivity index (χ0n) is 13.8. The van der Waals surface area contributed by atoms with Crippen molar-refractivity contribution in [2.75, 3.05) is 29.1 Å². The van der Waals surface area contributed by atoms with Gasteiger partial charge in [-0.05, 0) is 51.5 Å². The molecule has 0 aliphatic carbocycles. The molecular weight excluding hydrogens is 300 g/mol. The molecular formula is C16H26N2O3S. The normalized spacial score (nSPS) is 12.7. The Morgan fingerprint density at radius 3 is 2.14 bits per heavy atom. The number of anilines is 2. The highest BCUT2D eigenvalue weighted by Gasteiger charge is 2.27. The largest absolute Gasteiger partial charge is 0.372 e. The van der Waals surface area contributed by atoms with Crippen molar-refractivity contribution in [2.24, 2.45) is 0 Å². The molecule has 1 unspecified atom stereocenters. The highest BCUT2D eigenvalue weighted by molar-refractivity contribution is 7.92. The minimum Gasteiger partial charge on any atom is -0.372 e. The van der Waals surface area contributed by atoms with Crippen LogP contribution in [0.25, 0.3) is 0 Å². The van der Waals surface area contributed by atoms with Crippen LogP contribution in [0.1, 0.15) is 34.1 Å². The molecule has 124 valence electrons. The average Bonchev–Trinajstić information content (AvgIpc) is 2.49. The van der Waals surface area contributed by atoms with Crippen LogP contribution in [0.2, 0.25) is 0 Å². The van der Waals surface area contributed by atoms with Crippen LogP contribution in [-0.2, 0) is 14.6 Å². The van der Waals surface area contributed by atoms with Gasteiger partial charge in [-0.15, -0.1) is 0 Å². The molecule has 1 aromatic carbocycles. The van der Waals surface area contributed by atoms with E-state index in [0.717, 1.165) is 18.8 Å². The lowest BCUT2D eigenvalue weighted by molar-refractivity contribution is -0.115. The summed E-state index contributed by atoms with van der Waals surface area (Å²) in [6.45, 7) is 9.21. The summed E-state index contributed by atoms with van der Waals surface area (Å²) in [5.74, 6) is -0.452. The molecule has 1 N–H and O–H groups in total. The lowest BCUT2D eigenvalue weighted by Gasteiger charge is -2.21. The summed E-state index contributed by atoms with van der Waals surface area (Å²) in [7, 11) is -3.38. The topological polar surface area (TPSA) is 66.5 Å². The summed E-state index contributed by atoms with van der Waals surface area (Å²) < 4.78 is 23.8. The van der Waals surface area contributed by atoms with Crippen LogP contribution >= 0.6 is 0 Å². The van der Waals surface area contributed by atoms with E-state index in [9.17, 15) is 13.2 Å². The Morgan fingerprint density at radius 1 is 1.14 bits per heavy atom. The lowest BCUT2D eigenvalue weighted by atomic mass is 10.2. The van der Waals surface area contributed by atoms with E-state index in [0.29, 0.717) is 12.1 Å².